The summed E-state index contributed by atoms with van der Waals surface area (Å²) in [6, 6.07) is 0.177. The molecule has 9 heteroatoms. The summed E-state index contributed by atoms with van der Waals surface area (Å²) >= 11 is 0. The standard InChI is InChI=1S/C10H14N8O/c1-7-3-16(4-9-13-12-8(2)18(7)9)10(19)5-17-6-11-14-15-17/h6-7H,3-5H2,1-2H3. The topological polar surface area (TPSA) is 94.6 Å². The summed E-state index contributed by atoms with van der Waals surface area (Å²) < 4.78 is 3.48. The minimum absolute atomic E-state index is 0.0222. The van der Waals surface area contributed by atoms with Crippen molar-refractivity contribution in [2.24, 2.45) is 0 Å². The number of carbonyl (C=O) groups is 1. The largest absolute Gasteiger partial charge is 0.331 e. The first-order valence-corrected chi connectivity index (χ1v) is 6.04. The van der Waals surface area contributed by atoms with E-state index in [4.69, 9.17) is 0 Å². The highest BCUT2D eigenvalue weighted by molar-refractivity contribution is 5.76. The fourth-order valence-electron chi connectivity index (χ4n) is 2.41. The fraction of sp³-hybridized carbons (Fsp3) is 0.600. The molecule has 0 fully saturated rings. The van der Waals surface area contributed by atoms with E-state index in [0.29, 0.717) is 13.1 Å². The lowest BCUT2D eigenvalue weighted by molar-refractivity contribution is -0.134. The molecular formula is C10H14N8O. The van der Waals surface area contributed by atoms with Crippen molar-refractivity contribution in [1.82, 2.24) is 39.9 Å². The summed E-state index contributed by atoms with van der Waals surface area (Å²) in [6.45, 7) is 5.24. The van der Waals surface area contributed by atoms with Crippen LogP contribution in [-0.2, 0) is 17.9 Å². The zero-order valence-corrected chi connectivity index (χ0v) is 10.8. The third-order valence-corrected chi connectivity index (χ3v) is 3.24. The van der Waals surface area contributed by atoms with E-state index in [2.05, 4.69) is 37.2 Å². The number of aryl methyl sites for hydroxylation is 1. The Morgan fingerprint density at radius 2 is 2.32 bits per heavy atom. The van der Waals surface area contributed by atoms with Crippen LogP contribution in [0.5, 0.6) is 0 Å². The molecule has 0 radical (unpaired) electrons. The molecule has 3 heterocycles. The van der Waals surface area contributed by atoms with Crippen LogP contribution >= 0.6 is 0 Å². The van der Waals surface area contributed by atoms with Gasteiger partial charge in [0.05, 0.1) is 12.6 Å². The molecule has 2 aromatic rings. The van der Waals surface area contributed by atoms with Crippen LogP contribution in [0, 0.1) is 6.92 Å². The maximum Gasteiger partial charge on any atom is 0.244 e. The summed E-state index contributed by atoms with van der Waals surface area (Å²) in [4.78, 5) is 13.9. The lowest BCUT2D eigenvalue weighted by Gasteiger charge is -2.32. The molecule has 0 aromatic carbocycles. The van der Waals surface area contributed by atoms with Gasteiger partial charge >= 0.3 is 0 Å². The summed E-state index contributed by atoms with van der Waals surface area (Å²) in [5.74, 6) is 1.68. The van der Waals surface area contributed by atoms with Crippen molar-refractivity contribution in [3.05, 3.63) is 18.0 Å². The van der Waals surface area contributed by atoms with Crippen molar-refractivity contribution in [2.75, 3.05) is 6.54 Å². The van der Waals surface area contributed by atoms with Crippen molar-refractivity contribution in [1.29, 1.82) is 0 Å². The monoisotopic (exact) mass is 262 g/mol. The molecule has 0 spiro atoms. The van der Waals surface area contributed by atoms with Gasteiger partial charge in [0.1, 0.15) is 18.7 Å². The Balaban J connectivity index is 1.76. The third-order valence-electron chi connectivity index (χ3n) is 3.24. The Kier molecular flexibility index (Phi) is 2.73. The quantitative estimate of drug-likeness (QED) is 0.701. The van der Waals surface area contributed by atoms with Crippen LogP contribution in [0.15, 0.2) is 6.33 Å². The maximum absolute atomic E-state index is 12.2. The number of aromatic nitrogens is 7. The summed E-state index contributed by atoms with van der Waals surface area (Å²) in [5, 5.41) is 18.9. The van der Waals surface area contributed by atoms with Crippen molar-refractivity contribution in [3.63, 3.8) is 0 Å². The minimum atomic E-state index is -0.0222. The summed E-state index contributed by atoms with van der Waals surface area (Å²) in [5.41, 5.74) is 0. The number of nitrogens with zero attached hydrogens (tertiary/aromatic N) is 8. The van der Waals surface area contributed by atoms with E-state index in [1.54, 1.807) is 4.90 Å². The fourth-order valence-corrected chi connectivity index (χ4v) is 2.41. The summed E-state index contributed by atoms with van der Waals surface area (Å²) in [6.07, 6.45) is 1.43. The first-order valence-electron chi connectivity index (χ1n) is 6.04. The van der Waals surface area contributed by atoms with Crippen LogP contribution < -0.4 is 0 Å². The highest BCUT2D eigenvalue weighted by atomic mass is 16.2. The molecule has 0 bridgehead atoms. The Bertz CT molecular complexity index is 589. The lowest BCUT2D eigenvalue weighted by atomic mass is 10.2. The molecule has 1 amide bonds. The average Bonchev–Trinajstić information content (AvgIpc) is 2.99. The Labute approximate surface area is 109 Å². The Morgan fingerprint density at radius 1 is 1.47 bits per heavy atom. The second-order valence-electron chi connectivity index (χ2n) is 4.66. The van der Waals surface area contributed by atoms with Gasteiger partial charge in [-0.1, -0.05) is 0 Å². The van der Waals surface area contributed by atoms with E-state index >= 15 is 0 Å². The van der Waals surface area contributed by atoms with Gasteiger partial charge in [-0.05, 0) is 24.3 Å². The average molecular weight is 262 g/mol. The number of rotatable bonds is 2. The predicted octanol–water partition coefficient (Wildman–Crippen LogP) is -0.824. The second-order valence-corrected chi connectivity index (χ2v) is 4.66. The zero-order valence-electron chi connectivity index (χ0n) is 10.8. The van der Waals surface area contributed by atoms with E-state index in [-0.39, 0.29) is 18.5 Å². The SMILES string of the molecule is Cc1nnc2n1C(C)CN(C(=O)Cn1cnnn1)C2. The molecule has 1 atom stereocenters. The van der Waals surface area contributed by atoms with Gasteiger partial charge in [-0.3, -0.25) is 4.79 Å². The van der Waals surface area contributed by atoms with Crippen LogP contribution in [0.2, 0.25) is 0 Å². The van der Waals surface area contributed by atoms with Crippen LogP contribution in [0.4, 0.5) is 0 Å². The normalized spacial score (nSPS) is 18.4. The van der Waals surface area contributed by atoms with Crippen LogP contribution in [0.3, 0.4) is 0 Å². The molecule has 1 unspecified atom stereocenters. The maximum atomic E-state index is 12.2. The van der Waals surface area contributed by atoms with Crippen molar-refractivity contribution in [2.45, 2.75) is 33.0 Å². The van der Waals surface area contributed by atoms with Crippen molar-refractivity contribution < 1.29 is 4.79 Å². The molecule has 2 aromatic heterocycles. The van der Waals surface area contributed by atoms with E-state index in [0.717, 1.165) is 11.6 Å². The zero-order chi connectivity index (χ0) is 13.4. The van der Waals surface area contributed by atoms with Gasteiger partial charge in [-0.15, -0.1) is 15.3 Å². The summed E-state index contributed by atoms with van der Waals surface area (Å²) in [7, 11) is 0. The van der Waals surface area contributed by atoms with Gasteiger partial charge in [0, 0.05) is 6.54 Å². The van der Waals surface area contributed by atoms with Crippen molar-refractivity contribution >= 4 is 5.91 Å². The molecule has 1 aliphatic rings. The number of amides is 1. The van der Waals surface area contributed by atoms with Crippen molar-refractivity contribution in [3.8, 4) is 0 Å². The molecule has 0 saturated carbocycles. The highest BCUT2D eigenvalue weighted by Crippen LogP contribution is 2.21. The van der Waals surface area contributed by atoms with Gasteiger partial charge in [-0.2, -0.15) is 0 Å². The van der Waals surface area contributed by atoms with Gasteiger partial charge in [0.25, 0.3) is 0 Å². The first-order chi connectivity index (χ1) is 9.15. The van der Waals surface area contributed by atoms with Crippen LogP contribution in [0.1, 0.15) is 24.6 Å². The Morgan fingerprint density at radius 3 is 3.05 bits per heavy atom. The van der Waals surface area contributed by atoms with Gasteiger partial charge in [0.2, 0.25) is 5.91 Å². The van der Waals surface area contributed by atoms with E-state index in [1.807, 2.05) is 6.92 Å². The smallest absolute Gasteiger partial charge is 0.244 e. The second kappa shape index (κ2) is 4.41. The van der Waals surface area contributed by atoms with E-state index in [9.17, 15) is 4.79 Å². The molecule has 0 N–H and O–H groups in total. The molecule has 19 heavy (non-hydrogen) atoms. The molecule has 9 nitrogen and oxygen atoms in total. The van der Waals surface area contributed by atoms with E-state index in [1.165, 1.54) is 11.0 Å². The molecule has 1 aliphatic heterocycles. The first kappa shape index (κ1) is 11.8. The van der Waals surface area contributed by atoms with Crippen LogP contribution in [0.25, 0.3) is 0 Å². The molecule has 3 rings (SSSR count). The third kappa shape index (κ3) is 2.07. The van der Waals surface area contributed by atoms with E-state index < -0.39 is 0 Å². The minimum Gasteiger partial charge on any atom is -0.331 e. The predicted molar refractivity (Wildman–Crippen MR) is 62.7 cm³/mol. The number of carbonyl (C=O) groups excluding carboxylic acids is 1. The number of fused-ring (bicyclic) bond motifs is 1. The van der Waals surface area contributed by atoms with Gasteiger partial charge in [-0.25, -0.2) is 4.68 Å². The number of tetrazole rings is 1. The van der Waals surface area contributed by atoms with Crippen LogP contribution in [-0.4, -0.2) is 52.3 Å². The lowest BCUT2D eigenvalue weighted by Crippen LogP contribution is -2.42. The Hall–Kier alpha value is -2.32. The number of hydrogen-bond acceptors (Lipinski definition) is 6. The molecule has 100 valence electrons. The van der Waals surface area contributed by atoms with Gasteiger partial charge < -0.3 is 9.47 Å². The molecular weight excluding hydrogens is 248 g/mol. The number of hydrogen-bond donors (Lipinski definition) is 0. The molecule has 0 aliphatic carbocycles. The highest BCUT2D eigenvalue weighted by Gasteiger charge is 2.28. The molecule has 0 saturated heterocycles. The van der Waals surface area contributed by atoms with Gasteiger partial charge in [0.15, 0.2) is 5.82 Å².